The van der Waals surface area contributed by atoms with Crippen molar-refractivity contribution in [2.75, 3.05) is 5.75 Å². The molecule has 1 atom stereocenters. The van der Waals surface area contributed by atoms with Crippen LogP contribution in [0, 0.1) is 5.82 Å². The van der Waals surface area contributed by atoms with Crippen LogP contribution in [0.25, 0.3) is 0 Å². The van der Waals surface area contributed by atoms with Gasteiger partial charge in [-0.15, -0.1) is 0 Å². The summed E-state index contributed by atoms with van der Waals surface area (Å²) in [6, 6.07) is 4.86. The van der Waals surface area contributed by atoms with Crippen molar-refractivity contribution >= 4 is 23.4 Å². The number of hydrogen-bond donors (Lipinski definition) is 1. The molecule has 0 aromatic heterocycles. The van der Waals surface area contributed by atoms with Gasteiger partial charge in [0.05, 0.1) is 0 Å². The highest BCUT2D eigenvalue weighted by atomic mass is 35.5. The molecule has 84 valence electrons. The van der Waals surface area contributed by atoms with Crippen molar-refractivity contribution in [3.05, 3.63) is 34.6 Å². The summed E-state index contributed by atoms with van der Waals surface area (Å²) < 4.78 is 13.3. The lowest BCUT2D eigenvalue weighted by Gasteiger charge is -2.06. The van der Waals surface area contributed by atoms with Crippen LogP contribution >= 0.6 is 23.4 Å². The minimum Gasteiger partial charge on any atom is -0.328 e. The summed E-state index contributed by atoms with van der Waals surface area (Å²) in [6.07, 6.45) is 0.951. The standard InChI is InChI=1S/C11H15ClFNS/c1-8(14)4-5-15-7-9-6-10(12)2-3-11(9)13/h2-3,6,8H,4-5,7,14H2,1H3. The Balaban J connectivity index is 2.40. The zero-order valence-electron chi connectivity index (χ0n) is 8.67. The summed E-state index contributed by atoms with van der Waals surface area (Å²) in [5.41, 5.74) is 6.28. The Morgan fingerprint density at radius 2 is 2.27 bits per heavy atom. The molecule has 0 amide bonds. The third-order valence-electron chi connectivity index (χ3n) is 1.98. The van der Waals surface area contributed by atoms with E-state index in [0.29, 0.717) is 16.3 Å². The average Bonchev–Trinajstić information content (AvgIpc) is 2.17. The summed E-state index contributed by atoms with van der Waals surface area (Å²) in [4.78, 5) is 0. The number of rotatable bonds is 5. The molecule has 0 heterocycles. The van der Waals surface area contributed by atoms with Gasteiger partial charge < -0.3 is 5.73 Å². The van der Waals surface area contributed by atoms with E-state index in [1.54, 1.807) is 23.9 Å². The molecule has 15 heavy (non-hydrogen) atoms. The fourth-order valence-corrected chi connectivity index (χ4v) is 2.42. The first kappa shape index (κ1) is 12.8. The Morgan fingerprint density at radius 1 is 1.53 bits per heavy atom. The largest absolute Gasteiger partial charge is 0.328 e. The molecule has 0 spiro atoms. The lowest BCUT2D eigenvalue weighted by Crippen LogP contribution is -2.15. The van der Waals surface area contributed by atoms with Crippen molar-refractivity contribution in [2.45, 2.75) is 25.1 Å². The number of halogens is 2. The highest BCUT2D eigenvalue weighted by Gasteiger charge is 2.03. The molecular formula is C11H15ClFNS. The van der Waals surface area contributed by atoms with E-state index < -0.39 is 0 Å². The van der Waals surface area contributed by atoms with Gasteiger partial charge in [0.15, 0.2) is 0 Å². The van der Waals surface area contributed by atoms with Gasteiger partial charge in [0.2, 0.25) is 0 Å². The van der Waals surface area contributed by atoms with Gasteiger partial charge in [0.25, 0.3) is 0 Å². The van der Waals surface area contributed by atoms with Gasteiger partial charge in [-0.3, -0.25) is 0 Å². The maximum atomic E-state index is 13.3. The molecule has 0 fully saturated rings. The Morgan fingerprint density at radius 3 is 2.93 bits per heavy atom. The normalized spacial score (nSPS) is 12.8. The first-order valence-electron chi connectivity index (χ1n) is 4.87. The molecule has 2 N–H and O–H groups in total. The van der Waals surface area contributed by atoms with E-state index in [9.17, 15) is 4.39 Å². The van der Waals surface area contributed by atoms with E-state index in [4.69, 9.17) is 17.3 Å². The first-order valence-corrected chi connectivity index (χ1v) is 6.40. The Bertz CT molecular complexity index is 317. The molecule has 0 aliphatic heterocycles. The number of thioether (sulfide) groups is 1. The molecule has 1 nitrogen and oxygen atoms in total. The molecule has 0 bridgehead atoms. The van der Waals surface area contributed by atoms with E-state index in [1.165, 1.54) is 6.07 Å². The second-order valence-corrected chi connectivity index (χ2v) is 5.10. The molecule has 0 saturated heterocycles. The van der Waals surface area contributed by atoms with Crippen LogP contribution in [0.2, 0.25) is 5.02 Å². The topological polar surface area (TPSA) is 26.0 Å². The Kier molecular flexibility index (Phi) is 5.43. The average molecular weight is 248 g/mol. The van der Waals surface area contributed by atoms with Crippen LogP contribution in [0.1, 0.15) is 18.9 Å². The van der Waals surface area contributed by atoms with Crippen molar-refractivity contribution in [2.24, 2.45) is 5.73 Å². The number of hydrogen-bond acceptors (Lipinski definition) is 2. The summed E-state index contributed by atoms with van der Waals surface area (Å²) in [6.45, 7) is 1.97. The highest BCUT2D eigenvalue weighted by Crippen LogP contribution is 2.20. The second kappa shape index (κ2) is 6.36. The van der Waals surface area contributed by atoms with Crippen molar-refractivity contribution in [3.8, 4) is 0 Å². The molecule has 1 aromatic rings. The monoisotopic (exact) mass is 247 g/mol. The van der Waals surface area contributed by atoms with E-state index in [0.717, 1.165) is 12.2 Å². The van der Waals surface area contributed by atoms with E-state index >= 15 is 0 Å². The lowest BCUT2D eigenvalue weighted by atomic mass is 10.2. The van der Waals surface area contributed by atoms with Gasteiger partial charge in [-0.25, -0.2) is 4.39 Å². The van der Waals surface area contributed by atoms with Crippen molar-refractivity contribution in [1.29, 1.82) is 0 Å². The molecule has 1 aromatic carbocycles. The maximum Gasteiger partial charge on any atom is 0.127 e. The molecule has 1 rings (SSSR count). The summed E-state index contributed by atoms with van der Waals surface area (Å²) in [7, 11) is 0. The zero-order valence-corrected chi connectivity index (χ0v) is 10.2. The second-order valence-electron chi connectivity index (χ2n) is 3.55. The lowest BCUT2D eigenvalue weighted by molar-refractivity contribution is 0.617. The first-order chi connectivity index (χ1) is 7.09. The maximum absolute atomic E-state index is 13.3. The van der Waals surface area contributed by atoms with E-state index in [1.807, 2.05) is 6.92 Å². The molecule has 0 saturated carbocycles. The SMILES string of the molecule is CC(N)CCSCc1cc(Cl)ccc1F. The van der Waals surface area contributed by atoms with Crippen LogP contribution in [0.4, 0.5) is 4.39 Å². The zero-order chi connectivity index (χ0) is 11.3. The van der Waals surface area contributed by atoms with Gasteiger partial charge >= 0.3 is 0 Å². The van der Waals surface area contributed by atoms with Gasteiger partial charge in [-0.2, -0.15) is 11.8 Å². The van der Waals surface area contributed by atoms with Crippen molar-refractivity contribution < 1.29 is 4.39 Å². The summed E-state index contributed by atoms with van der Waals surface area (Å²) in [5, 5.41) is 0.583. The Hall–Kier alpha value is -0.250. The molecule has 4 heteroatoms. The molecule has 1 unspecified atom stereocenters. The van der Waals surface area contributed by atoms with Crippen LogP contribution in [-0.2, 0) is 5.75 Å². The minimum atomic E-state index is -0.187. The predicted octanol–water partition coefficient (Wildman–Crippen LogP) is 3.45. The van der Waals surface area contributed by atoms with Crippen LogP contribution in [-0.4, -0.2) is 11.8 Å². The smallest absolute Gasteiger partial charge is 0.127 e. The van der Waals surface area contributed by atoms with Gasteiger partial charge in [-0.05, 0) is 42.9 Å². The number of nitrogens with two attached hydrogens (primary N) is 1. The van der Waals surface area contributed by atoms with Crippen molar-refractivity contribution in [1.82, 2.24) is 0 Å². The molecule has 0 aliphatic carbocycles. The van der Waals surface area contributed by atoms with Crippen molar-refractivity contribution in [3.63, 3.8) is 0 Å². The Labute approximate surface area is 99.2 Å². The molecular weight excluding hydrogens is 233 g/mol. The highest BCUT2D eigenvalue weighted by molar-refractivity contribution is 7.98. The third-order valence-corrected chi connectivity index (χ3v) is 3.26. The molecule has 0 aliphatic rings. The van der Waals surface area contributed by atoms with Crippen LogP contribution in [0.15, 0.2) is 18.2 Å². The third kappa shape index (κ3) is 4.87. The van der Waals surface area contributed by atoms with Crippen LogP contribution in [0.5, 0.6) is 0 Å². The number of benzene rings is 1. The fraction of sp³-hybridized carbons (Fsp3) is 0.455. The van der Waals surface area contributed by atoms with E-state index in [-0.39, 0.29) is 11.9 Å². The van der Waals surface area contributed by atoms with Crippen LogP contribution < -0.4 is 5.73 Å². The summed E-state index contributed by atoms with van der Waals surface area (Å²) in [5.74, 6) is 1.41. The van der Waals surface area contributed by atoms with Gasteiger partial charge in [0.1, 0.15) is 5.82 Å². The van der Waals surface area contributed by atoms with E-state index in [2.05, 4.69) is 0 Å². The van der Waals surface area contributed by atoms with Gasteiger partial charge in [-0.1, -0.05) is 11.6 Å². The summed E-state index contributed by atoms with van der Waals surface area (Å²) >= 11 is 7.46. The fourth-order valence-electron chi connectivity index (χ4n) is 1.11. The van der Waals surface area contributed by atoms with Gasteiger partial charge in [0, 0.05) is 16.8 Å². The van der Waals surface area contributed by atoms with Crippen LogP contribution in [0.3, 0.4) is 0 Å². The molecule has 0 radical (unpaired) electrons. The predicted molar refractivity (Wildman–Crippen MR) is 65.8 cm³/mol. The quantitative estimate of drug-likeness (QED) is 0.807. The minimum absolute atomic E-state index is 0.187.